The van der Waals surface area contributed by atoms with E-state index in [0.29, 0.717) is 0 Å². The maximum atomic E-state index is 5.36. The maximum absolute atomic E-state index is 5.36. The van der Waals surface area contributed by atoms with Crippen LogP contribution in [0.2, 0.25) is 0 Å². The number of ether oxygens (including phenoxy) is 1. The summed E-state index contributed by atoms with van der Waals surface area (Å²) in [4.78, 5) is 0. The van der Waals surface area contributed by atoms with E-state index in [9.17, 15) is 0 Å². The van der Waals surface area contributed by atoms with Crippen LogP contribution < -0.4 is 0 Å². The Labute approximate surface area is 84.3 Å². The van der Waals surface area contributed by atoms with Gasteiger partial charge in [0.05, 0.1) is 6.61 Å². The average molecular weight is 235 g/mol. The van der Waals surface area contributed by atoms with Crippen LogP contribution in [0.5, 0.6) is 0 Å². The van der Waals surface area contributed by atoms with Crippen LogP contribution in [-0.4, -0.2) is 18.5 Å². The molecule has 0 fully saturated rings. The van der Waals surface area contributed by atoms with Crippen molar-refractivity contribution in [3.8, 4) is 0 Å². The zero-order valence-corrected chi connectivity index (χ0v) is 9.53. The molecule has 0 heterocycles. The summed E-state index contributed by atoms with van der Waals surface area (Å²) in [6.07, 6.45) is 5.05. The van der Waals surface area contributed by atoms with Gasteiger partial charge in [0.15, 0.2) is 0 Å². The van der Waals surface area contributed by atoms with E-state index >= 15 is 0 Å². The minimum absolute atomic E-state index is 0.721. The van der Waals surface area contributed by atoms with Crippen LogP contribution in [0.25, 0.3) is 0 Å². The number of unbranched alkanes of at least 4 members (excludes halogenated alkanes) is 3. The van der Waals surface area contributed by atoms with Gasteiger partial charge < -0.3 is 4.74 Å². The SMILES string of the molecule is C=C(C)COCCCCCCBr. The number of hydrogen-bond donors (Lipinski definition) is 0. The molecule has 0 unspecified atom stereocenters. The van der Waals surface area contributed by atoms with Crippen LogP contribution in [0.15, 0.2) is 12.2 Å². The first kappa shape index (κ1) is 12.2. The number of rotatable bonds is 8. The monoisotopic (exact) mass is 234 g/mol. The highest BCUT2D eigenvalue weighted by Crippen LogP contribution is 2.02. The molecule has 0 bridgehead atoms. The van der Waals surface area contributed by atoms with Crippen molar-refractivity contribution in [2.24, 2.45) is 0 Å². The van der Waals surface area contributed by atoms with Gasteiger partial charge in [0.1, 0.15) is 0 Å². The third-order valence-corrected chi connectivity index (χ3v) is 2.08. The highest BCUT2D eigenvalue weighted by atomic mass is 79.9. The van der Waals surface area contributed by atoms with Gasteiger partial charge in [-0.15, -0.1) is 0 Å². The highest BCUT2D eigenvalue weighted by Gasteiger charge is 1.90. The van der Waals surface area contributed by atoms with Crippen LogP contribution in [-0.2, 0) is 4.74 Å². The molecular weight excluding hydrogens is 216 g/mol. The van der Waals surface area contributed by atoms with Gasteiger partial charge in [0.25, 0.3) is 0 Å². The largest absolute Gasteiger partial charge is 0.377 e. The van der Waals surface area contributed by atoms with Crippen molar-refractivity contribution in [2.45, 2.75) is 32.6 Å². The fourth-order valence-corrected chi connectivity index (χ4v) is 1.30. The van der Waals surface area contributed by atoms with Gasteiger partial charge in [-0.1, -0.05) is 40.9 Å². The van der Waals surface area contributed by atoms with E-state index in [1.165, 1.54) is 25.7 Å². The zero-order chi connectivity index (χ0) is 9.23. The van der Waals surface area contributed by atoms with Gasteiger partial charge in [-0.25, -0.2) is 0 Å². The van der Waals surface area contributed by atoms with Crippen molar-refractivity contribution in [1.29, 1.82) is 0 Å². The first-order chi connectivity index (χ1) is 5.77. The Morgan fingerprint density at radius 3 is 2.50 bits per heavy atom. The van der Waals surface area contributed by atoms with Crippen molar-refractivity contribution in [2.75, 3.05) is 18.5 Å². The predicted octanol–water partition coefficient (Wildman–Crippen LogP) is 3.53. The Morgan fingerprint density at radius 1 is 1.25 bits per heavy atom. The van der Waals surface area contributed by atoms with Crippen molar-refractivity contribution in [3.05, 3.63) is 12.2 Å². The van der Waals surface area contributed by atoms with Gasteiger partial charge in [-0.05, 0) is 19.8 Å². The summed E-state index contributed by atoms with van der Waals surface area (Å²) in [5.74, 6) is 0. The fraction of sp³-hybridized carbons (Fsp3) is 0.800. The van der Waals surface area contributed by atoms with Crippen molar-refractivity contribution < 1.29 is 4.74 Å². The number of hydrogen-bond acceptors (Lipinski definition) is 1. The summed E-state index contributed by atoms with van der Waals surface area (Å²) in [5, 5.41) is 1.12. The standard InChI is InChI=1S/C10H19BrO/c1-10(2)9-12-8-6-4-3-5-7-11/h1,3-9H2,2H3. The second kappa shape index (κ2) is 9.27. The lowest BCUT2D eigenvalue weighted by Gasteiger charge is -2.02. The minimum Gasteiger partial charge on any atom is -0.377 e. The molecule has 0 atom stereocenters. The van der Waals surface area contributed by atoms with E-state index in [1.54, 1.807) is 0 Å². The maximum Gasteiger partial charge on any atom is 0.0671 e. The van der Waals surface area contributed by atoms with Crippen molar-refractivity contribution >= 4 is 15.9 Å². The Balaban J connectivity index is 2.86. The molecule has 0 aliphatic carbocycles. The fourth-order valence-electron chi connectivity index (χ4n) is 0.899. The molecule has 12 heavy (non-hydrogen) atoms. The Hall–Kier alpha value is 0.180. The van der Waals surface area contributed by atoms with Crippen LogP contribution >= 0.6 is 15.9 Å². The Kier molecular flexibility index (Phi) is 9.41. The molecule has 0 aliphatic heterocycles. The third kappa shape index (κ3) is 10.2. The summed E-state index contributed by atoms with van der Waals surface area (Å²) >= 11 is 3.41. The van der Waals surface area contributed by atoms with E-state index in [0.717, 1.165) is 24.1 Å². The first-order valence-corrected chi connectivity index (χ1v) is 5.67. The molecule has 0 aromatic carbocycles. The van der Waals surface area contributed by atoms with Gasteiger partial charge in [-0.3, -0.25) is 0 Å². The van der Waals surface area contributed by atoms with Gasteiger partial charge >= 0.3 is 0 Å². The molecule has 0 spiro atoms. The molecule has 0 saturated heterocycles. The lowest BCUT2D eigenvalue weighted by Crippen LogP contribution is -1.97. The normalized spacial score (nSPS) is 10.2. The molecule has 72 valence electrons. The van der Waals surface area contributed by atoms with Gasteiger partial charge in [0.2, 0.25) is 0 Å². The van der Waals surface area contributed by atoms with E-state index in [1.807, 2.05) is 6.92 Å². The zero-order valence-electron chi connectivity index (χ0n) is 7.94. The summed E-state index contributed by atoms with van der Waals surface area (Å²) in [5.41, 5.74) is 1.11. The van der Waals surface area contributed by atoms with Gasteiger partial charge in [0, 0.05) is 11.9 Å². The second-order valence-corrected chi connectivity index (χ2v) is 3.91. The molecule has 0 amide bonds. The number of alkyl halides is 1. The summed E-state index contributed by atoms with van der Waals surface area (Å²) in [6, 6.07) is 0. The van der Waals surface area contributed by atoms with Gasteiger partial charge in [-0.2, -0.15) is 0 Å². The second-order valence-electron chi connectivity index (χ2n) is 3.11. The Morgan fingerprint density at radius 2 is 1.92 bits per heavy atom. The van der Waals surface area contributed by atoms with E-state index in [4.69, 9.17) is 4.74 Å². The van der Waals surface area contributed by atoms with Crippen molar-refractivity contribution in [1.82, 2.24) is 0 Å². The van der Waals surface area contributed by atoms with Crippen LogP contribution in [0.3, 0.4) is 0 Å². The van der Waals surface area contributed by atoms with E-state index in [-0.39, 0.29) is 0 Å². The summed E-state index contributed by atoms with van der Waals surface area (Å²) in [6.45, 7) is 7.37. The summed E-state index contributed by atoms with van der Waals surface area (Å²) < 4.78 is 5.36. The lowest BCUT2D eigenvalue weighted by atomic mass is 10.2. The molecule has 0 radical (unpaired) electrons. The quantitative estimate of drug-likeness (QED) is 0.355. The molecule has 0 N–H and O–H groups in total. The molecule has 2 heteroatoms. The van der Waals surface area contributed by atoms with E-state index in [2.05, 4.69) is 22.5 Å². The average Bonchev–Trinajstić information content (AvgIpc) is 2.02. The molecule has 0 aromatic rings. The Bertz CT molecular complexity index is 112. The highest BCUT2D eigenvalue weighted by molar-refractivity contribution is 9.09. The van der Waals surface area contributed by atoms with Crippen molar-refractivity contribution in [3.63, 3.8) is 0 Å². The summed E-state index contributed by atoms with van der Waals surface area (Å²) in [7, 11) is 0. The van der Waals surface area contributed by atoms with E-state index < -0.39 is 0 Å². The molecule has 0 aliphatic rings. The molecule has 0 aromatic heterocycles. The lowest BCUT2D eigenvalue weighted by molar-refractivity contribution is 0.151. The van der Waals surface area contributed by atoms with Crippen LogP contribution in [0.1, 0.15) is 32.6 Å². The van der Waals surface area contributed by atoms with Crippen LogP contribution in [0.4, 0.5) is 0 Å². The molecule has 0 rings (SSSR count). The predicted molar refractivity (Wildman–Crippen MR) is 57.9 cm³/mol. The smallest absolute Gasteiger partial charge is 0.0671 e. The molecular formula is C10H19BrO. The molecule has 1 nitrogen and oxygen atoms in total. The van der Waals surface area contributed by atoms with Crippen LogP contribution in [0, 0.1) is 0 Å². The molecule has 0 saturated carbocycles. The minimum atomic E-state index is 0.721. The number of halogens is 1. The third-order valence-electron chi connectivity index (χ3n) is 1.52. The first-order valence-electron chi connectivity index (χ1n) is 4.55. The topological polar surface area (TPSA) is 9.23 Å².